The van der Waals surface area contributed by atoms with Gasteiger partial charge in [-0.2, -0.15) is 0 Å². The van der Waals surface area contributed by atoms with E-state index in [0.29, 0.717) is 12.4 Å². The fraction of sp³-hybridized carbons (Fsp3) is 0.562. The van der Waals surface area contributed by atoms with Gasteiger partial charge in [-0.3, -0.25) is 4.90 Å². The third kappa shape index (κ3) is 3.76. The summed E-state index contributed by atoms with van der Waals surface area (Å²) in [5.41, 5.74) is 0. The number of hydrogen-bond acceptors (Lipinski definition) is 5. The van der Waals surface area contributed by atoms with Gasteiger partial charge in [-0.25, -0.2) is 4.79 Å². The van der Waals surface area contributed by atoms with Crippen molar-refractivity contribution in [2.75, 3.05) is 19.6 Å². The van der Waals surface area contributed by atoms with Gasteiger partial charge in [-0.1, -0.05) is 0 Å². The average molecular weight is 332 g/mol. The van der Waals surface area contributed by atoms with Gasteiger partial charge in [0, 0.05) is 13.6 Å². The Morgan fingerprint density at radius 1 is 1.42 bits per heavy atom. The lowest BCUT2D eigenvalue weighted by Gasteiger charge is -2.26. The first-order chi connectivity index (χ1) is 11.6. The van der Waals surface area contributed by atoms with Crippen LogP contribution in [0.1, 0.15) is 43.4 Å². The van der Waals surface area contributed by atoms with Crippen molar-refractivity contribution in [1.29, 1.82) is 0 Å². The van der Waals surface area contributed by atoms with Crippen molar-refractivity contribution in [3.05, 3.63) is 36.3 Å². The van der Waals surface area contributed by atoms with Crippen LogP contribution in [-0.4, -0.2) is 45.3 Å². The van der Waals surface area contributed by atoms with E-state index in [0.717, 1.165) is 18.8 Å². The van der Waals surface area contributed by atoms with Crippen LogP contribution < -0.4 is 10.6 Å². The van der Waals surface area contributed by atoms with Crippen LogP contribution in [0.2, 0.25) is 0 Å². The predicted octanol–water partition coefficient (Wildman–Crippen LogP) is 1.61. The molecule has 0 saturated carbocycles. The first kappa shape index (κ1) is 16.5. The van der Waals surface area contributed by atoms with Gasteiger partial charge in [-0.15, -0.1) is 10.2 Å². The van der Waals surface area contributed by atoms with E-state index in [1.54, 1.807) is 17.2 Å². The first-order valence-corrected chi connectivity index (χ1v) is 8.31. The van der Waals surface area contributed by atoms with E-state index in [2.05, 4.69) is 25.7 Å². The van der Waals surface area contributed by atoms with Crippen molar-refractivity contribution in [2.24, 2.45) is 7.05 Å². The quantitative estimate of drug-likeness (QED) is 0.839. The second kappa shape index (κ2) is 7.48. The highest BCUT2D eigenvalue weighted by Gasteiger charge is 2.26. The van der Waals surface area contributed by atoms with Crippen molar-refractivity contribution < 1.29 is 9.21 Å². The number of amides is 2. The fourth-order valence-electron chi connectivity index (χ4n) is 3.13. The minimum atomic E-state index is -0.221. The highest BCUT2D eigenvalue weighted by Crippen LogP contribution is 2.24. The number of hydrogen-bond donors (Lipinski definition) is 2. The maximum atomic E-state index is 12.2. The first-order valence-electron chi connectivity index (χ1n) is 8.31. The lowest BCUT2D eigenvalue weighted by atomic mass is 10.2. The Bertz CT molecular complexity index is 647. The van der Waals surface area contributed by atoms with Crippen LogP contribution in [-0.2, 0) is 7.05 Å². The molecule has 1 fully saturated rings. The Kier molecular flexibility index (Phi) is 5.14. The van der Waals surface area contributed by atoms with Crippen LogP contribution in [0.15, 0.2) is 29.1 Å². The van der Waals surface area contributed by atoms with E-state index in [1.807, 2.05) is 26.1 Å². The molecule has 2 amide bonds. The van der Waals surface area contributed by atoms with Gasteiger partial charge in [0.2, 0.25) is 0 Å². The topological polar surface area (TPSA) is 88.2 Å². The largest absolute Gasteiger partial charge is 0.468 e. The van der Waals surface area contributed by atoms with Crippen LogP contribution in [0.4, 0.5) is 4.79 Å². The van der Waals surface area contributed by atoms with Crippen molar-refractivity contribution in [1.82, 2.24) is 30.3 Å². The van der Waals surface area contributed by atoms with Gasteiger partial charge >= 0.3 is 6.03 Å². The van der Waals surface area contributed by atoms with Crippen molar-refractivity contribution in [3.8, 4) is 0 Å². The van der Waals surface area contributed by atoms with Crippen LogP contribution in [0.5, 0.6) is 0 Å². The number of likely N-dealkylation sites (tertiary alicyclic amines) is 1. The zero-order valence-corrected chi connectivity index (χ0v) is 14.1. The Hall–Kier alpha value is -2.35. The molecule has 0 spiro atoms. The highest BCUT2D eigenvalue weighted by atomic mass is 16.3. The molecule has 3 rings (SSSR count). The molecule has 0 bridgehead atoms. The van der Waals surface area contributed by atoms with E-state index in [-0.39, 0.29) is 18.1 Å². The third-order valence-corrected chi connectivity index (χ3v) is 4.39. The average Bonchev–Trinajstić information content (AvgIpc) is 3.29. The number of aryl methyl sites for hydroxylation is 1. The van der Waals surface area contributed by atoms with Gasteiger partial charge in [-0.05, 0) is 45.0 Å². The summed E-state index contributed by atoms with van der Waals surface area (Å²) in [4.78, 5) is 14.6. The van der Waals surface area contributed by atoms with Gasteiger partial charge in [0.15, 0.2) is 5.82 Å². The molecule has 0 radical (unpaired) electrons. The molecule has 2 aromatic rings. The molecule has 1 saturated heterocycles. The summed E-state index contributed by atoms with van der Waals surface area (Å²) in [6, 6.07) is 3.48. The molecule has 8 heteroatoms. The second-order valence-corrected chi connectivity index (χ2v) is 6.15. The zero-order chi connectivity index (χ0) is 16.9. The normalized spacial score (nSPS) is 17.6. The Balaban J connectivity index is 1.56. The molecule has 8 nitrogen and oxygen atoms in total. The van der Waals surface area contributed by atoms with E-state index in [1.165, 1.54) is 12.8 Å². The van der Waals surface area contributed by atoms with Crippen molar-refractivity contribution >= 4 is 6.03 Å². The molecule has 130 valence electrons. The van der Waals surface area contributed by atoms with Gasteiger partial charge < -0.3 is 19.6 Å². The maximum Gasteiger partial charge on any atom is 0.315 e. The van der Waals surface area contributed by atoms with E-state index in [9.17, 15) is 4.79 Å². The molecule has 24 heavy (non-hydrogen) atoms. The fourth-order valence-corrected chi connectivity index (χ4v) is 3.13. The van der Waals surface area contributed by atoms with E-state index < -0.39 is 0 Å². The monoisotopic (exact) mass is 332 g/mol. The standard InChI is InChI=1S/C16H24N6O2/c1-12(15-20-18-11-21(15)2)19-16(23)17-10-13(14-6-5-9-24-14)22-7-3-4-8-22/h5-6,9,11-13H,3-4,7-8,10H2,1-2H3,(H2,17,19,23)/t12-,13-/m1/s1. The molecule has 2 atom stereocenters. The summed E-state index contributed by atoms with van der Waals surface area (Å²) >= 11 is 0. The van der Waals surface area contributed by atoms with Crippen molar-refractivity contribution in [2.45, 2.75) is 31.8 Å². The van der Waals surface area contributed by atoms with Gasteiger partial charge in [0.05, 0.1) is 18.3 Å². The molecule has 2 aromatic heterocycles. The smallest absolute Gasteiger partial charge is 0.315 e. The van der Waals surface area contributed by atoms with Crippen LogP contribution in [0, 0.1) is 0 Å². The molecule has 1 aliphatic rings. The summed E-state index contributed by atoms with van der Waals surface area (Å²) in [6.45, 7) is 4.45. The number of nitrogens with zero attached hydrogens (tertiary/aromatic N) is 4. The summed E-state index contributed by atoms with van der Waals surface area (Å²) in [5, 5.41) is 13.7. The Labute approximate surface area is 141 Å². The highest BCUT2D eigenvalue weighted by molar-refractivity contribution is 5.74. The molecule has 0 aliphatic carbocycles. The van der Waals surface area contributed by atoms with Gasteiger partial charge in [0.1, 0.15) is 12.1 Å². The Morgan fingerprint density at radius 2 is 2.21 bits per heavy atom. The number of aromatic nitrogens is 3. The number of carbonyl (C=O) groups excluding carboxylic acids is 1. The van der Waals surface area contributed by atoms with Crippen LogP contribution in [0.3, 0.4) is 0 Å². The van der Waals surface area contributed by atoms with Crippen LogP contribution in [0.25, 0.3) is 0 Å². The molecule has 3 heterocycles. The predicted molar refractivity (Wildman–Crippen MR) is 88.2 cm³/mol. The lowest BCUT2D eigenvalue weighted by Crippen LogP contribution is -2.42. The molecular formula is C16H24N6O2. The summed E-state index contributed by atoms with van der Waals surface area (Å²) in [6.07, 6.45) is 5.67. The molecule has 0 unspecified atom stereocenters. The third-order valence-electron chi connectivity index (χ3n) is 4.39. The SMILES string of the molecule is C[C@@H](NC(=O)NC[C@H](c1ccco1)N1CCCC1)c1nncn1C. The molecule has 1 aliphatic heterocycles. The van der Waals surface area contributed by atoms with E-state index in [4.69, 9.17) is 4.42 Å². The number of furan rings is 1. The van der Waals surface area contributed by atoms with Gasteiger partial charge in [0.25, 0.3) is 0 Å². The summed E-state index contributed by atoms with van der Waals surface area (Å²) in [7, 11) is 1.85. The minimum Gasteiger partial charge on any atom is -0.468 e. The number of rotatable bonds is 6. The minimum absolute atomic E-state index is 0.0679. The second-order valence-electron chi connectivity index (χ2n) is 6.15. The van der Waals surface area contributed by atoms with Crippen molar-refractivity contribution in [3.63, 3.8) is 0 Å². The summed E-state index contributed by atoms with van der Waals surface area (Å²) < 4.78 is 7.35. The maximum absolute atomic E-state index is 12.2. The summed E-state index contributed by atoms with van der Waals surface area (Å²) in [5.74, 6) is 1.60. The van der Waals surface area contributed by atoms with Crippen LogP contribution >= 0.6 is 0 Å². The zero-order valence-electron chi connectivity index (χ0n) is 14.1. The molecular weight excluding hydrogens is 308 g/mol. The number of urea groups is 1. The number of carbonyl (C=O) groups is 1. The Morgan fingerprint density at radius 3 is 2.83 bits per heavy atom. The molecule has 0 aromatic carbocycles. The number of nitrogens with one attached hydrogen (secondary N) is 2. The molecule has 2 N–H and O–H groups in total. The van der Waals surface area contributed by atoms with E-state index >= 15 is 0 Å². The lowest BCUT2D eigenvalue weighted by molar-refractivity contribution is 0.202.